The SMILES string of the molecule is CC(C)(C)n1nnnc1CN1CCC(NC(=O)c2cccc(F)c2)CC1. The Hall–Kier alpha value is -2.35. The van der Waals surface area contributed by atoms with Crippen LogP contribution in [0.25, 0.3) is 0 Å². The van der Waals surface area contributed by atoms with E-state index in [0.717, 1.165) is 31.8 Å². The average Bonchev–Trinajstić information content (AvgIpc) is 3.05. The highest BCUT2D eigenvalue weighted by atomic mass is 19.1. The molecule has 8 heteroatoms. The standard InChI is InChI=1S/C18H25FN6O/c1-18(2,3)25-16(21-22-23-25)12-24-9-7-15(8-10-24)20-17(26)13-5-4-6-14(19)11-13/h4-6,11,15H,7-10,12H2,1-3H3,(H,20,26). The third-order valence-electron chi connectivity index (χ3n) is 4.54. The minimum absolute atomic E-state index is 0.0978. The number of tetrazole rings is 1. The van der Waals surface area contributed by atoms with Crippen molar-refractivity contribution >= 4 is 5.91 Å². The molecule has 0 unspecified atom stereocenters. The number of rotatable bonds is 4. The van der Waals surface area contributed by atoms with Crippen molar-refractivity contribution < 1.29 is 9.18 Å². The van der Waals surface area contributed by atoms with Gasteiger partial charge in [-0.2, -0.15) is 0 Å². The topological polar surface area (TPSA) is 75.9 Å². The lowest BCUT2D eigenvalue weighted by molar-refractivity contribution is 0.0906. The van der Waals surface area contributed by atoms with Crippen LogP contribution in [0.15, 0.2) is 24.3 Å². The summed E-state index contributed by atoms with van der Waals surface area (Å²) in [4.78, 5) is 14.5. The number of hydrogen-bond donors (Lipinski definition) is 1. The number of carbonyl (C=O) groups excluding carboxylic acids is 1. The Morgan fingerprint density at radius 3 is 2.69 bits per heavy atom. The zero-order valence-electron chi connectivity index (χ0n) is 15.4. The van der Waals surface area contributed by atoms with E-state index in [9.17, 15) is 9.18 Å². The molecular weight excluding hydrogens is 335 g/mol. The fraction of sp³-hybridized carbons (Fsp3) is 0.556. The third-order valence-corrected chi connectivity index (χ3v) is 4.54. The van der Waals surface area contributed by atoms with Gasteiger partial charge in [0.1, 0.15) is 5.82 Å². The molecule has 26 heavy (non-hydrogen) atoms. The fourth-order valence-corrected chi connectivity index (χ4v) is 3.16. The Morgan fingerprint density at radius 2 is 2.04 bits per heavy atom. The van der Waals surface area contributed by atoms with Crippen LogP contribution in [0.4, 0.5) is 4.39 Å². The predicted molar refractivity (Wildman–Crippen MR) is 95.0 cm³/mol. The van der Waals surface area contributed by atoms with E-state index in [2.05, 4.69) is 46.5 Å². The van der Waals surface area contributed by atoms with E-state index in [0.29, 0.717) is 12.1 Å². The van der Waals surface area contributed by atoms with Crippen LogP contribution in [0, 0.1) is 5.82 Å². The molecule has 1 amide bonds. The minimum atomic E-state index is -0.399. The van der Waals surface area contributed by atoms with Gasteiger partial charge in [0.05, 0.1) is 12.1 Å². The highest BCUT2D eigenvalue weighted by molar-refractivity contribution is 5.94. The molecule has 140 valence electrons. The molecule has 1 aromatic heterocycles. The van der Waals surface area contributed by atoms with Crippen LogP contribution >= 0.6 is 0 Å². The largest absolute Gasteiger partial charge is 0.349 e. The molecule has 0 bridgehead atoms. The van der Waals surface area contributed by atoms with E-state index in [1.165, 1.54) is 12.1 Å². The summed E-state index contributed by atoms with van der Waals surface area (Å²) < 4.78 is 15.1. The van der Waals surface area contributed by atoms with Gasteiger partial charge in [0, 0.05) is 24.7 Å². The minimum Gasteiger partial charge on any atom is -0.349 e. The van der Waals surface area contributed by atoms with Crippen LogP contribution in [0.3, 0.4) is 0 Å². The molecule has 2 aromatic rings. The molecule has 0 saturated carbocycles. The lowest BCUT2D eigenvalue weighted by Gasteiger charge is -2.32. The Labute approximate surface area is 152 Å². The van der Waals surface area contributed by atoms with Gasteiger partial charge in [-0.25, -0.2) is 9.07 Å². The maximum absolute atomic E-state index is 13.2. The van der Waals surface area contributed by atoms with Crippen molar-refractivity contribution in [3.63, 3.8) is 0 Å². The zero-order chi connectivity index (χ0) is 18.7. The molecule has 0 spiro atoms. The number of aromatic nitrogens is 4. The monoisotopic (exact) mass is 360 g/mol. The number of likely N-dealkylation sites (tertiary alicyclic amines) is 1. The van der Waals surface area contributed by atoms with Crippen LogP contribution in [-0.2, 0) is 12.1 Å². The van der Waals surface area contributed by atoms with Gasteiger partial charge in [-0.3, -0.25) is 9.69 Å². The first-order valence-corrected chi connectivity index (χ1v) is 8.89. The summed E-state index contributed by atoms with van der Waals surface area (Å²) >= 11 is 0. The Balaban J connectivity index is 1.52. The van der Waals surface area contributed by atoms with Crippen molar-refractivity contribution in [2.75, 3.05) is 13.1 Å². The number of amides is 1. The first-order chi connectivity index (χ1) is 12.3. The Bertz CT molecular complexity index is 761. The van der Waals surface area contributed by atoms with Gasteiger partial charge in [-0.1, -0.05) is 6.07 Å². The maximum Gasteiger partial charge on any atom is 0.251 e. The number of nitrogens with one attached hydrogen (secondary N) is 1. The molecule has 2 heterocycles. The zero-order valence-corrected chi connectivity index (χ0v) is 15.4. The van der Waals surface area contributed by atoms with Crippen LogP contribution < -0.4 is 5.32 Å². The molecule has 0 atom stereocenters. The van der Waals surface area contributed by atoms with Crippen molar-refractivity contribution in [1.82, 2.24) is 30.4 Å². The first-order valence-electron chi connectivity index (χ1n) is 8.89. The Kier molecular flexibility index (Phi) is 5.31. The summed E-state index contributed by atoms with van der Waals surface area (Å²) in [6, 6.07) is 5.87. The number of benzene rings is 1. The van der Waals surface area contributed by atoms with E-state index in [4.69, 9.17) is 0 Å². The van der Waals surface area contributed by atoms with Gasteiger partial charge >= 0.3 is 0 Å². The van der Waals surface area contributed by atoms with Gasteiger partial charge < -0.3 is 5.32 Å². The van der Waals surface area contributed by atoms with Crippen molar-refractivity contribution in [2.24, 2.45) is 0 Å². The third kappa shape index (κ3) is 4.43. The van der Waals surface area contributed by atoms with E-state index in [1.807, 2.05) is 4.68 Å². The molecule has 1 aliphatic heterocycles. The summed E-state index contributed by atoms with van der Waals surface area (Å²) in [5.41, 5.74) is 0.201. The lowest BCUT2D eigenvalue weighted by atomic mass is 10.0. The first kappa shape index (κ1) is 18.4. The summed E-state index contributed by atoms with van der Waals surface area (Å²) in [5.74, 6) is 0.225. The van der Waals surface area contributed by atoms with E-state index in [1.54, 1.807) is 12.1 Å². The summed E-state index contributed by atoms with van der Waals surface area (Å²) in [6.07, 6.45) is 1.69. The molecule has 7 nitrogen and oxygen atoms in total. The number of hydrogen-bond acceptors (Lipinski definition) is 5. The highest BCUT2D eigenvalue weighted by Gasteiger charge is 2.25. The summed E-state index contributed by atoms with van der Waals surface area (Å²) in [5, 5.41) is 15.0. The second kappa shape index (κ2) is 7.49. The van der Waals surface area contributed by atoms with E-state index >= 15 is 0 Å². The van der Waals surface area contributed by atoms with E-state index in [-0.39, 0.29) is 17.5 Å². The van der Waals surface area contributed by atoms with Crippen molar-refractivity contribution in [3.05, 3.63) is 41.5 Å². The number of halogens is 1. The molecule has 0 radical (unpaired) electrons. The lowest BCUT2D eigenvalue weighted by Crippen LogP contribution is -2.44. The summed E-state index contributed by atoms with van der Waals surface area (Å²) in [7, 11) is 0. The molecule has 1 aromatic carbocycles. The molecule has 3 rings (SSSR count). The molecule has 1 N–H and O–H groups in total. The van der Waals surface area contributed by atoms with Gasteiger partial charge in [0.25, 0.3) is 5.91 Å². The Morgan fingerprint density at radius 1 is 1.31 bits per heavy atom. The average molecular weight is 360 g/mol. The van der Waals surface area contributed by atoms with Crippen molar-refractivity contribution in [1.29, 1.82) is 0 Å². The number of carbonyl (C=O) groups is 1. The van der Waals surface area contributed by atoms with Crippen LogP contribution in [0.1, 0.15) is 49.8 Å². The molecule has 1 aliphatic rings. The molecule has 1 saturated heterocycles. The van der Waals surface area contributed by atoms with Gasteiger partial charge in [0.15, 0.2) is 5.82 Å². The van der Waals surface area contributed by atoms with Crippen LogP contribution in [0.5, 0.6) is 0 Å². The maximum atomic E-state index is 13.2. The highest BCUT2D eigenvalue weighted by Crippen LogP contribution is 2.17. The van der Waals surface area contributed by atoms with Crippen LogP contribution in [-0.4, -0.2) is 50.1 Å². The van der Waals surface area contributed by atoms with Crippen molar-refractivity contribution in [3.8, 4) is 0 Å². The summed E-state index contributed by atoms with van der Waals surface area (Å²) in [6.45, 7) is 8.61. The van der Waals surface area contributed by atoms with Gasteiger partial charge in [-0.15, -0.1) is 5.10 Å². The van der Waals surface area contributed by atoms with Gasteiger partial charge in [-0.05, 0) is 62.2 Å². The fourth-order valence-electron chi connectivity index (χ4n) is 3.16. The number of piperidine rings is 1. The second-order valence-corrected chi connectivity index (χ2v) is 7.71. The predicted octanol–water partition coefficient (Wildman–Crippen LogP) is 1.96. The smallest absolute Gasteiger partial charge is 0.251 e. The van der Waals surface area contributed by atoms with Crippen LogP contribution in [0.2, 0.25) is 0 Å². The van der Waals surface area contributed by atoms with Crippen molar-refractivity contribution in [2.45, 2.75) is 51.7 Å². The molecule has 0 aliphatic carbocycles. The van der Waals surface area contributed by atoms with E-state index < -0.39 is 5.82 Å². The quantitative estimate of drug-likeness (QED) is 0.902. The second-order valence-electron chi connectivity index (χ2n) is 7.71. The molecular formula is C18H25FN6O. The normalized spacial score (nSPS) is 16.6. The molecule has 1 fully saturated rings. The number of nitrogens with zero attached hydrogens (tertiary/aromatic N) is 5. The van der Waals surface area contributed by atoms with Gasteiger partial charge in [0.2, 0.25) is 0 Å².